The molecule has 0 radical (unpaired) electrons. The predicted molar refractivity (Wildman–Crippen MR) is 125 cm³/mol. The molecule has 2 heteroatoms. The standard InChI is InChI=1S/C28H26ClF/c1-2-3-4-5-6-22-7-9-23(10-8-22)11-12-24-13-15-25(16-14-24)17-18-26-19-20-27(29)21-28(26)30/h3-4,7-10,13-16,19-21H,2,5-6,11-12H2,1H3/b4-3+. The molecular weight excluding hydrogens is 391 g/mol. The minimum atomic E-state index is -0.393. The van der Waals surface area contributed by atoms with Crippen molar-refractivity contribution in [2.24, 2.45) is 0 Å². The Kier molecular flexibility index (Phi) is 8.30. The van der Waals surface area contributed by atoms with Crippen molar-refractivity contribution in [1.29, 1.82) is 0 Å². The van der Waals surface area contributed by atoms with E-state index in [4.69, 9.17) is 11.6 Å². The van der Waals surface area contributed by atoms with E-state index in [1.807, 2.05) is 12.1 Å². The molecule has 0 amide bonds. The SMILES string of the molecule is CC/C=C/CCc1ccc(CCc2ccc(C#Cc3ccc(Cl)cc3F)cc2)cc1. The molecule has 0 bridgehead atoms. The fourth-order valence-corrected chi connectivity index (χ4v) is 3.34. The van der Waals surface area contributed by atoms with Crippen LogP contribution >= 0.6 is 11.6 Å². The van der Waals surface area contributed by atoms with Crippen molar-refractivity contribution in [3.8, 4) is 11.8 Å². The number of benzene rings is 3. The highest BCUT2D eigenvalue weighted by Gasteiger charge is 2.00. The molecule has 0 heterocycles. The van der Waals surface area contributed by atoms with Crippen LogP contribution in [0.15, 0.2) is 78.9 Å². The first-order chi connectivity index (χ1) is 14.6. The summed E-state index contributed by atoms with van der Waals surface area (Å²) in [6.45, 7) is 2.16. The van der Waals surface area contributed by atoms with Crippen LogP contribution in [0.25, 0.3) is 0 Å². The Hall–Kier alpha value is -2.82. The van der Waals surface area contributed by atoms with Crippen LogP contribution in [-0.4, -0.2) is 0 Å². The average Bonchev–Trinajstić information content (AvgIpc) is 2.76. The summed E-state index contributed by atoms with van der Waals surface area (Å²) in [6, 6.07) is 21.6. The molecule has 0 aliphatic rings. The second-order valence-corrected chi connectivity index (χ2v) is 7.74. The highest BCUT2D eigenvalue weighted by Crippen LogP contribution is 2.14. The average molecular weight is 417 g/mol. The summed E-state index contributed by atoms with van der Waals surface area (Å²) in [4.78, 5) is 0. The zero-order chi connectivity index (χ0) is 21.2. The summed E-state index contributed by atoms with van der Waals surface area (Å²) in [5, 5.41) is 0.376. The highest BCUT2D eigenvalue weighted by atomic mass is 35.5. The van der Waals surface area contributed by atoms with Gasteiger partial charge in [0.25, 0.3) is 0 Å². The molecule has 3 aromatic rings. The molecule has 0 aromatic heterocycles. The third kappa shape index (κ3) is 6.90. The van der Waals surface area contributed by atoms with Crippen molar-refractivity contribution >= 4 is 11.6 Å². The molecule has 3 rings (SSSR count). The van der Waals surface area contributed by atoms with Gasteiger partial charge in [0.2, 0.25) is 0 Å². The zero-order valence-corrected chi connectivity index (χ0v) is 18.1. The van der Waals surface area contributed by atoms with E-state index in [-0.39, 0.29) is 0 Å². The van der Waals surface area contributed by atoms with Crippen molar-refractivity contribution in [3.63, 3.8) is 0 Å². The van der Waals surface area contributed by atoms with Crippen LogP contribution in [0.2, 0.25) is 5.02 Å². The number of allylic oxidation sites excluding steroid dienone is 2. The second-order valence-electron chi connectivity index (χ2n) is 7.31. The van der Waals surface area contributed by atoms with Gasteiger partial charge in [-0.25, -0.2) is 4.39 Å². The summed E-state index contributed by atoms with van der Waals surface area (Å²) >= 11 is 5.77. The van der Waals surface area contributed by atoms with Crippen LogP contribution in [-0.2, 0) is 19.3 Å². The lowest BCUT2D eigenvalue weighted by Crippen LogP contribution is -1.92. The lowest BCUT2D eigenvalue weighted by molar-refractivity contribution is 0.624. The Bertz CT molecular complexity index is 1030. The Morgan fingerprint density at radius 1 is 0.767 bits per heavy atom. The maximum atomic E-state index is 13.8. The molecule has 30 heavy (non-hydrogen) atoms. The molecule has 152 valence electrons. The summed E-state index contributed by atoms with van der Waals surface area (Å²) < 4.78 is 13.8. The minimum Gasteiger partial charge on any atom is -0.206 e. The first-order valence-electron chi connectivity index (χ1n) is 10.4. The molecule has 0 fully saturated rings. The minimum absolute atomic E-state index is 0.355. The van der Waals surface area contributed by atoms with Gasteiger partial charge >= 0.3 is 0 Å². The summed E-state index contributed by atoms with van der Waals surface area (Å²) in [6.07, 6.45) is 9.78. The van der Waals surface area contributed by atoms with Gasteiger partial charge in [-0.2, -0.15) is 0 Å². The van der Waals surface area contributed by atoms with E-state index in [0.717, 1.165) is 37.7 Å². The van der Waals surface area contributed by atoms with Crippen LogP contribution in [0, 0.1) is 17.7 Å². The van der Waals surface area contributed by atoms with Gasteiger partial charge in [0.15, 0.2) is 0 Å². The van der Waals surface area contributed by atoms with E-state index in [1.54, 1.807) is 12.1 Å². The fraction of sp³-hybridized carbons (Fsp3) is 0.214. The van der Waals surface area contributed by atoms with Crippen molar-refractivity contribution in [1.82, 2.24) is 0 Å². The molecule has 0 N–H and O–H groups in total. The molecule has 0 aliphatic carbocycles. The predicted octanol–water partition coefficient (Wildman–Crippen LogP) is 7.56. The summed E-state index contributed by atoms with van der Waals surface area (Å²) in [7, 11) is 0. The number of halogens is 2. The first kappa shape index (κ1) is 21.9. The van der Waals surface area contributed by atoms with E-state index >= 15 is 0 Å². The summed E-state index contributed by atoms with van der Waals surface area (Å²) in [5.74, 6) is 5.49. The van der Waals surface area contributed by atoms with Crippen LogP contribution in [0.3, 0.4) is 0 Å². The Morgan fingerprint density at radius 2 is 1.37 bits per heavy atom. The van der Waals surface area contributed by atoms with Crippen molar-refractivity contribution in [2.45, 2.75) is 39.0 Å². The number of rotatable bonds is 7. The third-order valence-electron chi connectivity index (χ3n) is 4.95. The van der Waals surface area contributed by atoms with Gasteiger partial charge in [-0.1, -0.05) is 78.9 Å². The van der Waals surface area contributed by atoms with Crippen LogP contribution in [0.1, 0.15) is 47.6 Å². The van der Waals surface area contributed by atoms with Gasteiger partial charge in [-0.05, 0) is 79.1 Å². The van der Waals surface area contributed by atoms with E-state index in [9.17, 15) is 4.39 Å². The topological polar surface area (TPSA) is 0 Å². The van der Waals surface area contributed by atoms with Crippen LogP contribution < -0.4 is 0 Å². The van der Waals surface area contributed by atoms with Crippen molar-refractivity contribution in [2.75, 3.05) is 0 Å². The molecule has 0 saturated heterocycles. The Labute approximate surface area is 184 Å². The van der Waals surface area contributed by atoms with E-state index in [1.165, 1.54) is 22.8 Å². The van der Waals surface area contributed by atoms with Gasteiger partial charge in [0.1, 0.15) is 5.82 Å². The largest absolute Gasteiger partial charge is 0.206 e. The molecule has 0 saturated carbocycles. The van der Waals surface area contributed by atoms with Gasteiger partial charge in [-0.15, -0.1) is 0 Å². The van der Waals surface area contributed by atoms with Crippen molar-refractivity contribution < 1.29 is 4.39 Å². The smallest absolute Gasteiger partial charge is 0.140 e. The van der Waals surface area contributed by atoms with Gasteiger partial charge in [-0.3, -0.25) is 0 Å². The maximum absolute atomic E-state index is 13.8. The molecule has 0 unspecified atom stereocenters. The lowest BCUT2D eigenvalue weighted by Gasteiger charge is -2.05. The number of aryl methyl sites for hydroxylation is 3. The van der Waals surface area contributed by atoms with E-state index in [2.05, 4.69) is 67.3 Å². The molecule has 3 aromatic carbocycles. The Balaban J connectivity index is 1.52. The molecule has 0 nitrogen and oxygen atoms in total. The lowest BCUT2D eigenvalue weighted by atomic mass is 10.0. The second kappa shape index (κ2) is 11.4. The monoisotopic (exact) mass is 416 g/mol. The summed E-state index contributed by atoms with van der Waals surface area (Å²) in [5.41, 5.74) is 5.24. The van der Waals surface area contributed by atoms with Gasteiger partial charge < -0.3 is 0 Å². The van der Waals surface area contributed by atoms with Gasteiger partial charge in [0, 0.05) is 10.6 Å². The Morgan fingerprint density at radius 3 is 1.97 bits per heavy atom. The van der Waals surface area contributed by atoms with Crippen LogP contribution in [0.4, 0.5) is 4.39 Å². The quantitative estimate of drug-likeness (QED) is 0.275. The number of hydrogen-bond acceptors (Lipinski definition) is 0. The molecule has 0 atom stereocenters. The van der Waals surface area contributed by atoms with Crippen LogP contribution in [0.5, 0.6) is 0 Å². The van der Waals surface area contributed by atoms with Crippen molar-refractivity contribution in [3.05, 3.63) is 118 Å². The number of hydrogen-bond donors (Lipinski definition) is 0. The highest BCUT2D eigenvalue weighted by molar-refractivity contribution is 6.30. The van der Waals surface area contributed by atoms with Gasteiger partial charge in [0.05, 0.1) is 5.56 Å². The zero-order valence-electron chi connectivity index (χ0n) is 17.3. The van der Waals surface area contributed by atoms with E-state index in [0.29, 0.717) is 10.6 Å². The third-order valence-corrected chi connectivity index (χ3v) is 5.19. The molecular formula is C28H26ClF. The van der Waals surface area contributed by atoms with E-state index < -0.39 is 5.82 Å². The molecule has 0 aliphatic heterocycles. The maximum Gasteiger partial charge on any atom is 0.140 e. The molecule has 0 spiro atoms. The first-order valence-corrected chi connectivity index (χ1v) is 10.8. The normalized spacial score (nSPS) is 10.8. The fourth-order valence-electron chi connectivity index (χ4n) is 3.18.